The van der Waals surface area contributed by atoms with E-state index in [9.17, 15) is 9.90 Å². The van der Waals surface area contributed by atoms with Crippen LogP contribution in [-0.2, 0) is 16.0 Å². The summed E-state index contributed by atoms with van der Waals surface area (Å²) in [4.78, 5) is 14.3. The Morgan fingerprint density at radius 2 is 1.87 bits per heavy atom. The lowest BCUT2D eigenvalue weighted by molar-refractivity contribution is -0.138. The second-order valence-electron chi connectivity index (χ2n) is 5.59. The summed E-state index contributed by atoms with van der Waals surface area (Å²) in [6.07, 6.45) is 0.206. The second kappa shape index (κ2) is 7.02. The molecular formula is C18H18ClNO3. The third-order valence-corrected chi connectivity index (χ3v) is 4.20. The van der Waals surface area contributed by atoms with Gasteiger partial charge in [-0.05, 0) is 35.4 Å². The number of ether oxygens (including phenoxy) is 1. The van der Waals surface area contributed by atoms with Crippen molar-refractivity contribution in [3.8, 4) is 5.75 Å². The number of halogens is 1. The maximum atomic E-state index is 12.5. The first-order chi connectivity index (χ1) is 11.1. The Bertz CT molecular complexity index is 670. The zero-order chi connectivity index (χ0) is 16.2. The lowest BCUT2D eigenvalue weighted by atomic mass is 10.1. The summed E-state index contributed by atoms with van der Waals surface area (Å²) in [6.45, 7) is 1.66. The van der Waals surface area contributed by atoms with E-state index in [0.717, 1.165) is 11.1 Å². The molecule has 4 nitrogen and oxygen atoms in total. The third kappa shape index (κ3) is 4.03. The van der Waals surface area contributed by atoms with Gasteiger partial charge in [-0.2, -0.15) is 0 Å². The van der Waals surface area contributed by atoms with Crippen LogP contribution in [0, 0.1) is 0 Å². The van der Waals surface area contributed by atoms with E-state index in [0.29, 0.717) is 31.1 Å². The van der Waals surface area contributed by atoms with Crippen LogP contribution in [0.25, 0.3) is 0 Å². The largest absolute Gasteiger partial charge is 0.508 e. The van der Waals surface area contributed by atoms with Gasteiger partial charge in [0.1, 0.15) is 11.9 Å². The molecule has 1 aliphatic heterocycles. The summed E-state index contributed by atoms with van der Waals surface area (Å²) < 4.78 is 5.78. The highest BCUT2D eigenvalue weighted by Crippen LogP contribution is 2.24. The number of rotatable bonds is 3. The zero-order valence-corrected chi connectivity index (χ0v) is 13.4. The van der Waals surface area contributed by atoms with Crippen molar-refractivity contribution in [3.05, 3.63) is 64.7 Å². The number of hydrogen-bond donors (Lipinski definition) is 1. The molecule has 1 aliphatic rings. The Labute approximate surface area is 140 Å². The molecule has 120 valence electrons. The monoisotopic (exact) mass is 331 g/mol. The number of phenols is 1. The van der Waals surface area contributed by atoms with Crippen molar-refractivity contribution >= 4 is 17.5 Å². The van der Waals surface area contributed by atoms with E-state index in [1.165, 1.54) is 0 Å². The van der Waals surface area contributed by atoms with Gasteiger partial charge in [-0.1, -0.05) is 35.9 Å². The molecule has 3 rings (SSSR count). The summed E-state index contributed by atoms with van der Waals surface area (Å²) in [5, 5.41) is 9.98. The second-order valence-corrected chi connectivity index (χ2v) is 6.03. The average Bonchev–Trinajstić information content (AvgIpc) is 2.58. The van der Waals surface area contributed by atoms with Crippen molar-refractivity contribution in [2.45, 2.75) is 12.5 Å². The van der Waals surface area contributed by atoms with Gasteiger partial charge in [-0.25, -0.2) is 0 Å². The van der Waals surface area contributed by atoms with Crippen molar-refractivity contribution in [1.29, 1.82) is 0 Å². The fraction of sp³-hybridized carbons (Fsp3) is 0.278. The molecule has 2 aromatic carbocycles. The standard InChI is InChI=1S/C18H18ClNO3/c19-15-5-3-14(4-6-15)17-12-20(9-10-23-17)18(22)11-13-1-7-16(21)8-2-13/h1-8,17,21H,9-12H2/t17-/m1/s1. The number of aromatic hydroxyl groups is 1. The van der Waals surface area contributed by atoms with E-state index in [4.69, 9.17) is 16.3 Å². The molecule has 1 amide bonds. The van der Waals surface area contributed by atoms with E-state index in [2.05, 4.69) is 0 Å². The number of amides is 1. The fourth-order valence-electron chi connectivity index (χ4n) is 2.66. The molecule has 0 saturated carbocycles. The lowest BCUT2D eigenvalue weighted by Crippen LogP contribution is -2.42. The summed E-state index contributed by atoms with van der Waals surface area (Å²) >= 11 is 5.91. The highest BCUT2D eigenvalue weighted by atomic mass is 35.5. The van der Waals surface area contributed by atoms with Gasteiger partial charge in [0.15, 0.2) is 0 Å². The highest BCUT2D eigenvalue weighted by Gasteiger charge is 2.25. The SMILES string of the molecule is O=C(Cc1ccc(O)cc1)N1CCO[C@@H](c2ccc(Cl)cc2)C1. The first kappa shape index (κ1) is 15.8. The predicted molar refractivity (Wildman–Crippen MR) is 88.5 cm³/mol. The van der Waals surface area contributed by atoms with Gasteiger partial charge in [0.2, 0.25) is 5.91 Å². The minimum absolute atomic E-state index is 0.0675. The Hall–Kier alpha value is -2.04. The van der Waals surface area contributed by atoms with Crippen LogP contribution in [0.4, 0.5) is 0 Å². The predicted octanol–water partition coefficient (Wildman–Crippen LogP) is 3.19. The molecule has 1 N–H and O–H groups in total. The molecule has 1 saturated heterocycles. The first-order valence-corrected chi connectivity index (χ1v) is 7.92. The first-order valence-electron chi connectivity index (χ1n) is 7.54. The maximum absolute atomic E-state index is 12.5. The van der Waals surface area contributed by atoms with E-state index in [1.54, 1.807) is 24.3 Å². The molecule has 0 unspecified atom stereocenters. The molecule has 1 fully saturated rings. The van der Waals surface area contributed by atoms with Gasteiger partial charge in [0.05, 0.1) is 19.6 Å². The van der Waals surface area contributed by atoms with Gasteiger partial charge in [0.25, 0.3) is 0 Å². The summed E-state index contributed by atoms with van der Waals surface area (Å²) in [5.41, 5.74) is 1.92. The highest BCUT2D eigenvalue weighted by molar-refractivity contribution is 6.30. The van der Waals surface area contributed by atoms with E-state index in [-0.39, 0.29) is 17.8 Å². The number of carbonyl (C=O) groups excluding carboxylic acids is 1. The van der Waals surface area contributed by atoms with Crippen molar-refractivity contribution in [2.75, 3.05) is 19.7 Å². The van der Waals surface area contributed by atoms with Crippen LogP contribution in [0.2, 0.25) is 5.02 Å². The van der Waals surface area contributed by atoms with Crippen molar-refractivity contribution in [3.63, 3.8) is 0 Å². The molecule has 23 heavy (non-hydrogen) atoms. The molecule has 0 spiro atoms. The summed E-state index contributed by atoms with van der Waals surface area (Å²) in [7, 11) is 0. The number of nitrogens with zero attached hydrogens (tertiary/aromatic N) is 1. The fourth-order valence-corrected chi connectivity index (χ4v) is 2.78. The van der Waals surface area contributed by atoms with Gasteiger partial charge in [-0.15, -0.1) is 0 Å². The molecule has 2 aromatic rings. The molecule has 1 atom stereocenters. The Morgan fingerprint density at radius 1 is 1.17 bits per heavy atom. The summed E-state index contributed by atoms with van der Waals surface area (Å²) in [6, 6.07) is 14.3. The Balaban J connectivity index is 1.64. The molecule has 0 aliphatic carbocycles. The number of morpholine rings is 1. The van der Waals surface area contributed by atoms with Crippen molar-refractivity contribution in [2.24, 2.45) is 0 Å². The third-order valence-electron chi connectivity index (χ3n) is 3.95. The zero-order valence-electron chi connectivity index (χ0n) is 12.6. The van der Waals surface area contributed by atoms with Crippen molar-refractivity contribution in [1.82, 2.24) is 4.90 Å². The normalized spacial score (nSPS) is 18.0. The van der Waals surface area contributed by atoms with Crippen LogP contribution in [-0.4, -0.2) is 35.6 Å². The van der Waals surface area contributed by atoms with Gasteiger partial charge in [0, 0.05) is 11.6 Å². The van der Waals surface area contributed by atoms with E-state index in [1.807, 2.05) is 29.2 Å². The number of benzene rings is 2. The number of phenolic OH excluding ortho intramolecular Hbond substituents is 1. The molecule has 0 aromatic heterocycles. The Morgan fingerprint density at radius 3 is 2.57 bits per heavy atom. The average molecular weight is 332 g/mol. The topological polar surface area (TPSA) is 49.8 Å². The molecule has 0 radical (unpaired) electrons. The Kier molecular flexibility index (Phi) is 4.84. The van der Waals surface area contributed by atoms with Gasteiger partial charge >= 0.3 is 0 Å². The van der Waals surface area contributed by atoms with E-state index >= 15 is 0 Å². The van der Waals surface area contributed by atoms with Crippen LogP contribution in [0.3, 0.4) is 0 Å². The molecular weight excluding hydrogens is 314 g/mol. The minimum Gasteiger partial charge on any atom is -0.508 e. The smallest absolute Gasteiger partial charge is 0.227 e. The maximum Gasteiger partial charge on any atom is 0.227 e. The molecule has 1 heterocycles. The van der Waals surface area contributed by atoms with Crippen LogP contribution in [0.15, 0.2) is 48.5 Å². The van der Waals surface area contributed by atoms with Gasteiger partial charge < -0.3 is 14.7 Å². The van der Waals surface area contributed by atoms with Crippen molar-refractivity contribution < 1.29 is 14.6 Å². The molecule has 0 bridgehead atoms. The van der Waals surface area contributed by atoms with Crippen LogP contribution >= 0.6 is 11.6 Å². The lowest BCUT2D eigenvalue weighted by Gasteiger charge is -2.33. The van der Waals surface area contributed by atoms with Crippen LogP contribution in [0.5, 0.6) is 5.75 Å². The number of carbonyl (C=O) groups is 1. The van der Waals surface area contributed by atoms with Crippen LogP contribution in [0.1, 0.15) is 17.2 Å². The molecule has 5 heteroatoms. The quantitative estimate of drug-likeness (QED) is 0.939. The van der Waals surface area contributed by atoms with Gasteiger partial charge in [-0.3, -0.25) is 4.79 Å². The van der Waals surface area contributed by atoms with Crippen LogP contribution < -0.4 is 0 Å². The number of hydrogen-bond acceptors (Lipinski definition) is 3. The van der Waals surface area contributed by atoms with E-state index < -0.39 is 0 Å². The minimum atomic E-state index is -0.121. The summed E-state index contributed by atoms with van der Waals surface area (Å²) in [5.74, 6) is 0.272.